The van der Waals surface area contributed by atoms with E-state index in [0.717, 1.165) is 0 Å². The molecule has 200 valence electrons. The van der Waals surface area contributed by atoms with E-state index in [9.17, 15) is 30.9 Å². The second-order valence-electron chi connectivity index (χ2n) is 8.97. The monoisotopic (exact) mass is 569 g/mol. The van der Waals surface area contributed by atoms with E-state index in [4.69, 9.17) is 16.3 Å². The second kappa shape index (κ2) is 11.1. The van der Waals surface area contributed by atoms with E-state index in [0.29, 0.717) is 27.9 Å². The van der Waals surface area contributed by atoms with Crippen molar-refractivity contribution in [3.8, 4) is 11.1 Å². The number of nitrogens with one attached hydrogen (secondary N) is 2. The van der Waals surface area contributed by atoms with Gasteiger partial charge in [-0.25, -0.2) is 4.98 Å². The zero-order chi connectivity index (χ0) is 27.6. The summed E-state index contributed by atoms with van der Waals surface area (Å²) in [6, 6.07) is 4.84. The number of ether oxygens (including phenoxy) is 1. The summed E-state index contributed by atoms with van der Waals surface area (Å²) in [5.74, 6) is -0.574. The van der Waals surface area contributed by atoms with Gasteiger partial charge in [-0.3, -0.25) is 9.52 Å². The van der Waals surface area contributed by atoms with Gasteiger partial charge in [0.1, 0.15) is 15.9 Å². The highest BCUT2D eigenvalue weighted by atomic mass is 35.5. The summed E-state index contributed by atoms with van der Waals surface area (Å²) in [5.41, 5.74) is -3.42. The third-order valence-electron chi connectivity index (χ3n) is 4.95. The molecule has 0 aliphatic rings. The molecule has 2 atom stereocenters. The average Bonchev–Trinajstić information content (AvgIpc) is 2.70. The largest absolute Gasteiger partial charge is 0.598 e. The molecule has 0 bridgehead atoms. The number of esters is 1. The first kappa shape index (κ1) is 30.2. The van der Waals surface area contributed by atoms with E-state index >= 15 is 0 Å². The number of hydrogen-bond donors (Lipinski definition) is 2. The minimum atomic E-state index is -5.59. The Bertz CT molecular complexity index is 1210. The summed E-state index contributed by atoms with van der Waals surface area (Å²) in [5, 5.41) is 0.0568. The highest BCUT2D eigenvalue weighted by Gasteiger charge is 2.46. The van der Waals surface area contributed by atoms with E-state index in [1.54, 1.807) is 40.7 Å². The maximum Gasteiger partial charge on any atom is 0.516 e. The van der Waals surface area contributed by atoms with Crippen molar-refractivity contribution in [2.24, 2.45) is 0 Å². The van der Waals surface area contributed by atoms with Crippen molar-refractivity contribution in [3.05, 3.63) is 46.2 Å². The van der Waals surface area contributed by atoms with Crippen LogP contribution in [0.5, 0.6) is 0 Å². The molecule has 8 nitrogen and oxygen atoms in total. The van der Waals surface area contributed by atoms with Crippen LogP contribution in [0, 0.1) is 13.8 Å². The minimum absolute atomic E-state index is 0.0568. The zero-order valence-corrected chi connectivity index (χ0v) is 22.8. The van der Waals surface area contributed by atoms with Crippen LogP contribution in [0.4, 0.5) is 18.9 Å². The van der Waals surface area contributed by atoms with Gasteiger partial charge in [-0.1, -0.05) is 11.6 Å². The highest BCUT2D eigenvalue weighted by molar-refractivity contribution is 7.93. The number of nitrogens with zero attached hydrogens (tertiary/aromatic N) is 1. The summed E-state index contributed by atoms with van der Waals surface area (Å²) in [6.45, 7) is 8.46. The predicted octanol–water partition coefficient (Wildman–Crippen LogP) is 4.94. The third-order valence-corrected chi connectivity index (χ3v) is 7.87. The number of carbonyl (C=O) groups excluding carboxylic acids is 1. The lowest BCUT2D eigenvalue weighted by molar-refractivity contribution is -0.141. The standard InChI is InChI=1S/C22H27ClF3N3O5S2/c1-12-7-15(29-36(32,33)22(24,25)26)8-13(2)20(12)14-9-16(27-18(23)10-14)17(11-19(30)34-6)28-35(31)21(3,4)5/h7-10,17,28-29H,11H2,1-6H3/t17-,35?/m0/s1. The molecular weight excluding hydrogens is 543 g/mol. The van der Waals surface area contributed by atoms with Gasteiger partial charge in [0.2, 0.25) is 0 Å². The van der Waals surface area contributed by atoms with Crippen molar-refractivity contribution in [1.82, 2.24) is 9.71 Å². The van der Waals surface area contributed by atoms with Gasteiger partial charge in [-0.05, 0) is 81.1 Å². The van der Waals surface area contributed by atoms with Crippen molar-refractivity contribution in [3.63, 3.8) is 0 Å². The van der Waals surface area contributed by atoms with Crippen LogP contribution in [0.1, 0.15) is 50.1 Å². The fourth-order valence-electron chi connectivity index (χ4n) is 3.29. The van der Waals surface area contributed by atoms with Gasteiger partial charge in [0.25, 0.3) is 0 Å². The fraction of sp³-hybridized carbons (Fsp3) is 0.455. The molecule has 0 radical (unpaired) electrons. The minimum Gasteiger partial charge on any atom is -0.598 e. The van der Waals surface area contributed by atoms with Crippen LogP contribution in [0.25, 0.3) is 11.1 Å². The predicted molar refractivity (Wildman–Crippen MR) is 133 cm³/mol. The van der Waals surface area contributed by atoms with Crippen molar-refractivity contribution in [2.45, 2.75) is 57.3 Å². The average molecular weight is 570 g/mol. The number of pyridine rings is 1. The van der Waals surface area contributed by atoms with Crippen LogP contribution in [-0.2, 0) is 30.9 Å². The Morgan fingerprint density at radius 2 is 1.72 bits per heavy atom. The summed E-state index contributed by atoms with van der Waals surface area (Å²) >= 11 is 4.70. The summed E-state index contributed by atoms with van der Waals surface area (Å²) in [6.07, 6.45) is -0.193. The first-order valence-electron chi connectivity index (χ1n) is 10.5. The number of aromatic nitrogens is 1. The molecule has 0 saturated heterocycles. The Labute approximate surface area is 216 Å². The van der Waals surface area contributed by atoms with Gasteiger partial charge in [-0.15, -0.1) is 4.72 Å². The first-order valence-corrected chi connectivity index (χ1v) is 13.5. The Kier molecular flexibility index (Phi) is 9.33. The van der Waals surface area contributed by atoms with Gasteiger partial charge < -0.3 is 9.29 Å². The number of rotatable bonds is 8. The number of hydrogen-bond acceptors (Lipinski definition) is 7. The van der Waals surface area contributed by atoms with Gasteiger partial charge in [-0.2, -0.15) is 21.6 Å². The smallest absolute Gasteiger partial charge is 0.516 e. The first-order chi connectivity index (χ1) is 16.4. The summed E-state index contributed by atoms with van der Waals surface area (Å²) < 4.78 is 82.6. The number of carbonyl (C=O) groups is 1. The molecule has 1 unspecified atom stereocenters. The van der Waals surface area contributed by atoms with Crippen LogP contribution >= 0.6 is 11.6 Å². The SMILES string of the molecule is COC(=O)C[C@H](N[S+]([O-])C(C)(C)C)c1cc(-c2c(C)cc(NS(=O)(=O)C(F)(F)F)cc2C)cc(Cl)n1. The van der Waals surface area contributed by atoms with Crippen LogP contribution in [0.2, 0.25) is 5.15 Å². The molecule has 14 heteroatoms. The van der Waals surface area contributed by atoms with Crippen LogP contribution < -0.4 is 9.44 Å². The second-order valence-corrected chi connectivity index (χ2v) is 13.0. The van der Waals surface area contributed by atoms with Crippen LogP contribution in [0.15, 0.2) is 24.3 Å². The van der Waals surface area contributed by atoms with E-state index in [-0.39, 0.29) is 17.3 Å². The lowest BCUT2D eigenvalue weighted by Crippen LogP contribution is -2.42. The number of alkyl halides is 3. The number of anilines is 1. The lowest BCUT2D eigenvalue weighted by atomic mass is 9.94. The molecule has 0 fully saturated rings. The Morgan fingerprint density at radius 1 is 1.17 bits per heavy atom. The molecule has 1 heterocycles. The van der Waals surface area contributed by atoms with Crippen molar-refractivity contribution in [2.75, 3.05) is 11.8 Å². The Morgan fingerprint density at radius 3 is 2.19 bits per heavy atom. The molecule has 1 aromatic heterocycles. The summed E-state index contributed by atoms with van der Waals surface area (Å²) in [4.78, 5) is 16.3. The molecule has 1 aromatic carbocycles. The topological polar surface area (TPSA) is 120 Å². The number of sulfonamides is 1. The molecule has 0 spiro atoms. The fourth-order valence-corrected chi connectivity index (χ4v) is 4.87. The van der Waals surface area contributed by atoms with Crippen LogP contribution in [-0.4, -0.2) is 41.3 Å². The van der Waals surface area contributed by atoms with Crippen molar-refractivity contribution < 1.29 is 35.7 Å². The zero-order valence-electron chi connectivity index (χ0n) is 20.4. The Hall–Kier alpha value is -2.06. The molecule has 36 heavy (non-hydrogen) atoms. The highest BCUT2D eigenvalue weighted by Crippen LogP contribution is 2.35. The number of methoxy groups -OCH3 is 1. The summed E-state index contributed by atoms with van der Waals surface area (Å²) in [7, 11) is -4.37. The molecule has 0 amide bonds. The van der Waals surface area contributed by atoms with Gasteiger partial charge >= 0.3 is 21.5 Å². The van der Waals surface area contributed by atoms with E-state index < -0.39 is 43.7 Å². The maximum absolute atomic E-state index is 12.8. The molecular formula is C22H27ClF3N3O5S2. The molecule has 0 aliphatic carbocycles. The number of halogens is 4. The van der Waals surface area contributed by atoms with E-state index in [1.807, 2.05) is 0 Å². The number of aryl methyl sites for hydroxylation is 2. The van der Waals surface area contributed by atoms with Crippen molar-refractivity contribution >= 4 is 44.6 Å². The van der Waals surface area contributed by atoms with Gasteiger partial charge in [0.05, 0.1) is 19.2 Å². The molecule has 0 saturated carbocycles. The van der Waals surface area contributed by atoms with E-state index in [1.165, 1.54) is 30.0 Å². The number of benzene rings is 1. The van der Waals surface area contributed by atoms with Gasteiger partial charge in [0.15, 0.2) is 0 Å². The van der Waals surface area contributed by atoms with Crippen molar-refractivity contribution in [1.29, 1.82) is 0 Å². The maximum atomic E-state index is 12.8. The quantitative estimate of drug-likeness (QED) is 0.262. The molecule has 2 aromatic rings. The lowest BCUT2D eigenvalue weighted by Gasteiger charge is -2.27. The van der Waals surface area contributed by atoms with E-state index in [2.05, 4.69) is 9.71 Å². The Balaban J connectivity index is 2.55. The van der Waals surface area contributed by atoms with Crippen LogP contribution in [0.3, 0.4) is 0 Å². The molecule has 0 aliphatic heterocycles. The molecule has 2 rings (SSSR count). The third kappa shape index (κ3) is 7.48. The molecule has 2 N–H and O–H groups in total. The normalized spacial score (nSPS) is 14.3. The van der Waals surface area contributed by atoms with Gasteiger partial charge in [0, 0.05) is 17.0 Å².